The molecule has 0 amide bonds. The lowest BCUT2D eigenvalue weighted by atomic mass is 10.5. The van der Waals surface area contributed by atoms with E-state index in [2.05, 4.69) is 16.1 Å². The molecule has 0 radical (unpaired) electrons. The minimum atomic E-state index is -0.628. The van der Waals surface area contributed by atoms with Gasteiger partial charge in [-0.1, -0.05) is 6.58 Å². The van der Waals surface area contributed by atoms with E-state index in [0.29, 0.717) is 0 Å². The number of hydrogen-bond donors (Lipinski definition) is 0. The van der Waals surface area contributed by atoms with Crippen LogP contribution >= 0.6 is 0 Å². The zero-order chi connectivity index (χ0) is 10.1. The molecule has 0 aromatic rings. The Bertz CT molecular complexity index is 241. The molecule has 0 spiro atoms. The Morgan fingerprint density at radius 3 is 2.54 bits per heavy atom. The average Bonchev–Trinajstić information content (AvgIpc) is 2.12. The molecular weight excluding hydrogens is 174 g/mol. The van der Waals surface area contributed by atoms with Gasteiger partial charge in [-0.25, -0.2) is 4.79 Å². The number of carbonyl (C=O) groups is 2. The lowest BCUT2D eigenvalue weighted by Gasteiger charge is -2.02. The van der Waals surface area contributed by atoms with Crippen LogP contribution in [-0.4, -0.2) is 25.2 Å². The fourth-order valence-electron chi connectivity index (χ4n) is 0.472. The van der Waals surface area contributed by atoms with Gasteiger partial charge in [-0.3, -0.25) is 4.79 Å². The molecule has 0 bridgehead atoms. The summed E-state index contributed by atoms with van der Waals surface area (Å²) in [5.41, 5.74) is 0. The lowest BCUT2D eigenvalue weighted by Crippen LogP contribution is -2.12. The van der Waals surface area contributed by atoms with Gasteiger partial charge in [0.25, 0.3) is 0 Å². The maximum Gasteiger partial charge on any atom is 0.330 e. The predicted octanol–water partition coefficient (Wildman–Crippen LogP) is 0.172. The topological polar surface area (TPSA) is 76.4 Å². The van der Waals surface area contributed by atoms with Crippen molar-refractivity contribution in [3.63, 3.8) is 0 Å². The first-order chi connectivity index (χ1) is 6.20. The van der Waals surface area contributed by atoms with Gasteiger partial charge in [0.2, 0.25) is 0 Å². The van der Waals surface area contributed by atoms with Gasteiger partial charge < -0.3 is 9.47 Å². The summed E-state index contributed by atoms with van der Waals surface area (Å²) in [7, 11) is 0. The number of nitrogens with zero attached hydrogens (tertiary/aromatic N) is 1. The van der Waals surface area contributed by atoms with E-state index in [0.717, 1.165) is 6.08 Å². The summed E-state index contributed by atoms with van der Waals surface area (Å²) in [4.78, 5) is 21.0. The molecule has 0 rings (SSSR count). The number of esters is 2. The fraction of sp³-hybridized carbons (Fsp3) is 0.375. The molecule has 0 aromatic carbocycles. The van der Waals surface area contributed by atoms with Crippen LogP contribution in [0.15, 0.2) is 12.7 Å². The largest absolute Gasteiger partial charge is 0.461 e. The van der Waals surface area contributed by atoms with Crippen LogP contribution in [0.3, 0.4) is 0 Å². The minimum Gasteiger partial charge on any atom is -0.461 e. The maximum absolute atomic E-state index is 10.6. The third kappa shape index (κ3) is 6.56. The molecular formula is C8H9NO4. The Morgan fingerprint density at radius 1 is 1.38 bits per heavy atom. The molecule has 5 heteroatoms. The third-order valence-electron chi connectivity index (χ3n) is 0.981. The summed E-state index contributed by atoms with van der Waals surface area (Å²) < 4.78 is 9.01. The quantitative estimate of drug-likeness (QED) is 0.345. The molecule has 13 heavy (non-hydrogen) atoms. The molecule has 0 aliphatic rings. The molecule has 0 N–H and O–H groups in total. The van der Waals surface area contributed by atoms with E-state index in [9.17, 15) is 9.59 Å². The minimum absolute atomic E-state index is 0.0258. The van der Waals surface area contributed by atoms with Gasteiger partial charge in [0.15, 0.2) is 0 Å². The van der Waals surface area contributed by atoms with Crippen molar-refractivity contribution in [1.29, 1.82) is 5.26 Å². The molecule has 0 aliphatic heterocycles. The van der Waals surface area contributed by atoms with Crippen LogP contribution in [0.4, 0.5) is 0 Å². The smallest absolute Gasteiger partial charge is 0.330 e. The highest BCUT2D eigenvalue weighted by molar-refractivity contribution is 5.81. The Morgan fingerprint density at radius 2 is 2.00 bits per heavy atom. The van der Waals surface area contributed by atoms with Crippen molar-refractivity contribution in [1.82, 2.24) is 0 Å². The zero-order valence-electron chi connectivity index (χ0n) is 6.99. The van der Waals surface area contributed by atoms with Crippen molar-refractivity contribution in [2.24, 2.45) is 0 Å². The fourth-order valence-corrected chi connectivity index (χ4v) is 0.472. The van der Waals surface area contributed by atoms with E-state index in [1.807, 2.05) is 0 Å². The van der Waals surface area contributed by atoms with Gasteiger partial charge >= 0.3 is 11.9 Å². The first-order valence-electron chi connectivity index (χ1n) is 3.52. The lowest BCUT2D eigenvalue weighted by molar-refractivity contribution is -0.148. The predicted molar refractivity (Wildman–Crippen MR) is 42.3 cm³/mol. The number of ether oxygens (including phenoxy) is 2. The Hall–Kier alpha value is -1.83. The van der Waals surface area contributed by atoms with Gasteiger partial charge in [0.05, 0.1) is 6.07 Å². The van der Waals surface area contributed by atoms with Gasteiger partial charge in [0.1, 0.15) is 19.6 Å². The van der Waals surface area contributed by atoms with Crippen LogP contribution < -0.4 is 0 Å². The van der Waals surface area contributed by atoms with Crippen LogP contribution in [0.2, 0.25) is 0 Å². The van der Waals surface area contributed by atoms with Crippen molar-refractivity contribution in [2.45, 2.75) is 6.42 Å². The number of hydrogen-bond acceptors (Lipinski definition) is 5. The molecule has 0 saturated heterocycles. The molecule has 0 aromatic heterocycles. The highest BCUT2D eigenvalue weighted by Gasteiger charge is 2.01. The van der Waals surface area contributed by atoms with Crippen molar-refractivity contribution in [2.75, 3.05) is 13.2 Å². The molecule has 70 valence electrons. The summed E-state index contributed by atoms with van der Waals surface area (Å²) in [6.07, 6.45) is 0.715. The van der Waals surface area contributed by atoms with Crippen molar-refractivity contribution in [3.05, 3.63) is 12.7 Å². The van der Waals surface area contributed by atoms with E-state index in [-0.39, 0.29) is 19.6 Å². The van der Waals surface area contributed by atoms with Crippen molar-refractivity contribution >= 4 is 11.9 Å². The van der Waals surface area contributed by atoms with Gasteiger partial charge in [-0.2, -0.15) is 5.26 Å². The molecule has 0 fully saturated rings. The molecule has 0 unspecified atom stereocenters. The summed E-state index contributed by atoms with van der Waals surface area (Å²) in [6, 6.07) is 1.63. The van der Waals surface area contributed by atoms with Crippen molar-refractivity contribution in [3.8, 4) is 6.07 Å². The van der Waals surface area contributed by atoms with Gasteiger partial charge in [-0.15, -0.1) is 0 Å². The Labute approximate surface area is 75.5 Å². The Balaban J connectivity index is 3.36. The molecule has 0 atom stereocenters. The standard InChI is InChI=1S/C8H9NO4/c1-2-7(10)12-5-6-13-8(11)3-4-9/h2H,1,3,5-6H2. The van der Waals surface area contributed by atoms with Crippen LogP contribution in [0.1, 0.15) is 6.42 Å². The van der Waals surface area contributed by atoms with E-state index in [4.69, 9.17) is 5.26 Å². The van der Waals surface area contributed by atoms with E-state index < -0.39 is 11.9 Å². The zero-order valence-corrected chi connectivity index (χ0v) is 6.99. The molecule has 0 heterocycles. The molecule has 5 nitrogen and oxygen atoms in total. The average molecular weight is 183 g/mol. The van der Waals surface area contributed by atoms with Crippen LogP contribution in [0, 0.1) is 11.3 Å². The normalized spacial score (nSPS) is 8.23. The van der Waals surface area contributed by atoms with Crippen LogP contribution in [0.5, 0.6) is 0 Å². The number of nitriles is 1. The first-order valence-corrected chi connectivity index (χ1v) is 3.52. The molecule has 0 aliphatic carbocycles. The molecule has 0 saturated carbocycles. The highest BCUT2D eigenvalue weighted by atomic mass is 16.6. The van der Waals surface area contributed by atoms with E-state index in [1.54, 1.807) is 6.07 Å². The van der Waals surface area contributed by atoms with Gasteiger partial charge in [0, 0.05) is 6.08 Å². The third-order valence-corrected chi connectivity index (χ3v) is 0.981. The maximum atomic E-state index is 10.6. The summed E-state index contributed by atoms with van der Waals surface area (Å²) in [6.45, 7) is 3.11. The second kappa shape index (κ2) is 6.85. The first kappa shape index (κ1) is 11.2. The SMILES string of the molecule is C=CC(=O)OCCOC(=O)CC#N. The van der Waals surface area contributed by atoms with Crippen LogP contribution in [0.25, 0.3) is 0 Å². The number of rotatable bonds is 5. The van der Waals surface area contributed by atoms with Gasteiger partial charge in [-0.05, 0) is 0 Å². The Kier molecular flexibility index (Phi) is 5.89. The second-order valence-corrected chi connectivity index (χ2v) is 1.93. The van der Waals surface area contributed by atoms with E-state index >= 15 is 0 Å². The highest BCUT2D eigenvalue weighted by Crippen LogP contribution is 1.85. The van der Waals surface area contributed by atoms with Crippen LogP contribution in [-0.2, 0) is 19.1 Å². The van der Waals surface area contributed by atoms with Crippen molar-refractivity contribution < 1.29 is 19.1 Å². The summed E-state index contributed by atoms with van der Waals surface area (Å²) in [5, 5.41) is 8.07. The second-order valence-electron chi connectivity index (χ2n) is 1.93. The monoisotopic (exact) mass is 183 g/mol. The van der Waals surface area contributed by atoms with E-state index in [1.165, 1.54) is 0 Å². The summed E-state index contributed by atoms with van der Waals surface area (Å²) >= 11 is 0. The number of carbonyl (C=O) groups excluding carboxylic acids is 2. The summed E-state index contributed by atoms with van der Waals surface area (Å²) in [5.74, 6) is -1.20.